The van der Waals surface area contributed by atoms with E-state index in [0.717, 1.165) is 0 Å². The minimum atomic E-state index is -4.75. The number of rotatable bonds is 5. The van der Waals surface area contributed by atoms with Crippen molar-refractivity contribution in [3.05, 3.63) is 11.4 Å². The Morgan fingerprint density at radius 3 is 2.33 bits per heavy atom. The van der Waals surface area contributed by atoms with Gasteiger partial charge in [-0.15, -0.1) is 0 Å². The van der Waals surface area contributed by atoms with Gasteiger partial charge in [-0.05, 0) is 20.8 Å². The van der Waals surface area contributed by atoms with E-state index in [1.54, 1.807) is 0 Å². The molecule has 0 atom stereocenters. The number of aromatic nitrogens is 2. The molecule has 0 saturated carbocycles. The summed E-state index contributed by atoms with van der Waals surface area (Å²) in [4.78, 5) is 10.2. The van der Waals surface area contributed by atoms with E-state index in [-0.39, 0.29) is 10.00 Å². The van der Waals surface area contributed by atoms with Crippen LogP contribution in [0, 0.1) is 6.92 Å². The number of carboxylic acids is 1. The Morgan fingerprint density at radius 2 is 1.95 bits per heavy atom. The smallest absolute Gasteiger partial charge is 0.402 e. The molecule has 0 radical (unpaired) electrons. The van der Waals surface area contributed by atoms with E-state index in [1.165, 1.54) is 20.8 Å². The van der Waals surface area contributed by atoms with Crippen LogP contribution in [-0.4, -0.2) is 52.8 Å². The van der Waals surface area contributed by atoms with Crippen LogP contribution in [0.15, 0.2) is 4.90 Å². The average molecular weight is 329 g/mol. The van der Waals surface area contributed by atoms with Crippen LogP contribution in [0.5, 0.6) is 0 Å². The molecule has 2 N–H and O–H groups in total. The number of aromatic carboxylic acids is 1. The summed E-state index contributed by atoms with van der Waals surface area (Å²) in [6.07, 6.45) is -4.75. The highest BCUT2D eigenvalue weighted by Crippen LogP contribution is 2.27. The Morgan fingerprint density at radius 1 is 1.43 bits per heavy atom. The van der Waals surface area contributed by atoms with Crippen molar-refractivity contribution in [2.75, 3.05) is 6.54 Å². The molecular weight excluding hydrogens is 315 g/mol. The van der Waals surface area contributed by atoms with Gasteiger partial charge in [0.25, 0.3) is 0 Å². The molecule has 0 aliphatic carbocycles. The minimum absolute atomic E-state index is 0.139. The third-order valence-electron chi connectivity index (χ3n) is 2.57. The highest BCUT2D eigenvalue weighted by molar-refractivity contribution is 7.89. The number of aromatic amines is 1. The van der Waals surface area contributed by atoms with Crippen molar-refractivity contribution in [2.24, 2.45) is 0 Å². The third-order valence-corrected chi connectivity index (χ3v) is 4.76. The predicted molar refractivity (Wildman–Crippen MR) is 65.4 cm³/mol. The van der Waals surface area contributed by atoms with Gasteiger partial charge in [0.2, 0.25) is 10.0 Å². The fourth-order valence-corrected chi connectivity index (χ4v) is 3.63. The van der Waals surface area contributed by atoms with Gasteiger partial charge >= 0.3 is 12.1 Å². The Balaban J connectivity index is 3.44. The van der Waals surface area contributed by atoms with E-state index in [9.17, 15) is 26.4 Å². The third kappa shape index (κ3) is 3.73. The Labute approximate surface area is 118 Å². The first-order chi connectivity index (χ1) is 9.38. The molecule has 0 spiro atoms. The van der Waals surface area contributed by atoms with Gasteiger partial charge in [-0.25, -0.2) is 13.2 Å². The van der Waals surface area contributed by atoms with Crippen LogP contribution in [0.1, 0.15) is 30.0 Å². The lowest BCUT2D eigenvalue weighted by Crippen LogP contribution is -2.43. The summed E-state index contributed by atoms with van der Waals surface area (Å²) in [5, 5.41) is 14.4. The van der Waals surface area contributed by atoms with E-state index in [2.05, 4.69) is 10.2 Å². The van der Waals surface area contributed by atoms with Crippen LogP contribution in [0.4, 0.5) is 13.2 Å². The van der Waals surface area contributed by atoms with Gasteiger partial charge in [-0.1, -0.05) is 0 Å². The van der Waals surface area contributed by atoms with Crippen molar-refractivity contribution in [1.82, 2.24) is 14.5 Å². The fraction of sp³-hybridized carbons (Fsp3) is 0.600. The van der Waals surface area contributed by atoms with Crippen LogP contribution in [0.2, 0.25) is 0 Å². The molecule has 120 valence electrons. The van der Waals surface area contributed by atoms with Gasteiger partial charge in [0, 0.05) is 6.04 Å². The maximum Gasteiger partial charge on any atom is 0.402 e. The molecule has 1 heterocycles. The monoisotopic (exact) mass is 329 g/mol. The van der Waals surface area contributed by atoms with Crippen molar-refractivity contribution >= 4 is 16.0 Å². The number of alkyl halides is 3. The van der Waals surface area contributed by atoms with E-state index in [1.807, 2.05) is 0 Å². The lowest BCUT2D eigenvalue weighted by Gasteiger charge is -2.26. The van der Waals surface area contributed by atoms with Crippen molar-refractivity contribution < 1.29 is 31.5 Å². The van der Waals surface area contributed by atoms with Crippen molar-refractivity contribution in [1.29, 1.82) is 0 Å². The SMILES string of the molecule is Cc1[nH]nc(C(=O)O)c1S(=O)(=O)N(CC(F)(F)F)C(C)C. The molecule has 0 aromatic carbocycles. The molecule has 0 unspecified atom stereocenters. The molecule has 11 heteroatoms. The van der Waals surface area contributed by atoms with E-state index in [4.69, 9.17) is 5.11 Å². The van der Waals surface area contributed by atoms with Gasteiger partial charge in [0.15, 0.2) is 5.69 Å². The molecular formula is C10H14F3N3O4S. The van der Waals surface area contributed by atoms with Gasteiger partial charge in [-0.3, -0.25) is 5.10 Å². The first-order valence-corrected chi connectivity index (χ1v) is 7.18. The predicted octanol–water partition coefficient (Wildman–Crippen LogP) is 1.38. The number of hydrogen-bond donors (Lipinski definition) is 2. The topological polar surface area (TPSA) is 103 Å². The summed E-state index contributed by atoms with van der Waals surface area (Å²) < 4.78 is 62.6. The molecule has 21 heavy (non-hydrogen) atoms. The molecule has 1 rings (SSSR count). The second-order valence-corrected chi connectivity index (χ2v) is 6.42. The Bertz CT molecular complexity index is 636. The molecule has 1 aromatic heterocycles. The first-order valence-electron chi connectivity index (χ1n) is 5.74. The second-order valence-electron chi connectivity index (χ2n) is 4.59. The standard InChI is InChI=1S/C10H14F3N3O4S/c1-5(2)16(4-10(11,12)13)21(19,20)8-6(3)14-15-7(8)9(17)18/h5H,4H2,1-3H3,(H,14,15)(H,17,18). The quantitative estimate of drug-likeness (QED) is 0.849. The average Bonchev–Trinajstić information content (AvgIpc) is 2.67. The zero-order valence-electron chi connectivity index (χ0n) is 11.4. The normalized spacial score (nSPS) is 13.1. The summed E-state index contributed by atoms with van der Waals surface area (Å²) in [5.74, 6) is -1.64. The zero-order valence-corrected chi connectivity index (χ0v) is 12.2. The van der Waals surface area contributed by atoms with Crippen LogP contribution in [0.3, 0.4) is 0 Å². The molecule has 0 aliphatic rings. The number of carboxylic acid groups (broad SMARTS) is 1. The van der Waals surface area contributed by atoms with Crippen LogP contribution in [-0.2, 0) is 10.0 Å². The highest BCUT2D eigenvalue weighted by Gasteiger charge is 2.41. The molecule has 1 aromatic rings. The van der Waals surface area contributed by atoms with Gasteiger partial charge in [0.05, 0.1) is 5.69 Å². The largest absolute Gasteiger partial charge is 0.476 e. The summed E-state index contributed by atoms with van der Waals surface area (Å²) >= 11 is 0. The first kappa shape index (κ1) is 17.4. The maximum atomic E-state index is 12.6. The molecule has 0 aliphatic heterocycles. The molecule has 0 fully saturated rings. The summed E-state index contributed by atoms with van der Waals surface area (Å²) in [6, 6.07) is -1.01. The highest BCUT2D eigenvalue weighted by atomic mass is 32.2. The minimum Gasteiger partial charge on any atom is -0.476 e. The number of sulfonamides is 1. The number of nitrogens with zero attached hydrogens (tertiary/aromatic N) is 2. The lowest BCUT2D eigenvalue weighted by atomic mass is 10.4. The molecule has 0 saturated heterocycles. The summed E-state index contributed by atoms with van der Waals surface area (Å²) in [7, 11) is -4.66. The van der Waals surface area contributed by atoms with Crippen molar-refractivity contribution in [3.63, 3.8) is 0 Å². The number of nitrogens with one attached hydrogen (secondary N) is 1. The Hall–Kier alpha value is -1.62. The fourth-order valence-electron chi connectivity index (χ4n) is 1.72. The zero-order chi connectivity index (χ0) is 16.6. The number of aryl methyl sites for hydroxylation is 1. The van der Waals surface area contributed by atoms with Gasteiger partial charge in [0.1, 0.15) is 11.4 Å². The maximum absolute atomic E-state index is 12.6. The van der Waals surface area contributed by atoms with Crippen LogP contribution < -0.4 is 0 Å². The van der Waals surface area contributed by atoms with Crippen LogP contribution >= 0.6 is 0 Å². The van der Waals surface area contributed by atoms with Crippen molar-refractivity contribution in [3.8, 4) is 0 Å². The second kappa shape index (κ2) is 5.64. The molecule has 7 nitrogen and oxygen atoms in total. The van der Waals surface area contributed by atoms with Gasteiger partial charge in [-0.2, -0.15) is 22.6 Å². The number of hydrogen-bond acceptors (Lipinski definition) is 4. The van der Waals surface area contributed by atoms with Gasteiger partial charge < -0.3 is 5.11 Å². The molecule has 0 amide bonds. The number of halogens is 3. The summed E-state index contributed by atoms with van der Waals surface area (Å²) in [6.45, 7) is 2.04. The number of H-pyrrole nitrogens is 1. The molecule has 0 bridgehead atoms. The van der Waals surface area contributed by atoms with E-state index >= 15 is 0 Å². The van der Waals surface area contributed by atoms with E-state index < -0.39 is 45.3 Å². The number of carbonyl (C=O) groups is 1. The van der Waals surface area contributed by atoms with Crippen LogP contribution in [0.25, 0.3) is 0 Å². The summed E-state index contributed by atoms with van der Waals surface area (Å²) in [5.41, 5.74) is -0.972. The van der Waals surface area contributed by atoms with E-state index in [0.29, 0.717) is 0 Å². The lowest BCUT2D eigenvalue weighted by molar-refractivity contribution is -0.138. The Kier molecular flexibility index (Phi) is 4.68. The van der Waals surface area contributed by atoms with Crippen molar-refractivity contribution in [2.45, 2.75) is 37.9 Å².